The lowest BCUT2D eigenvalue weighted by Crippen LogP contribution is -2.30. The van der Waals surface area contributed by atoms with Gasteiger partial charge in [-0.1, -0.05) is 32.0 Å². The summed E-state index contributed by atoms with van der Waals surface area (Å²) in [6, 6.07) is 19.9. The minimum atomic E-state index is -0.957. The Hall–Kier alpha value is -4.58. The van der Waals surface area contributed by atoms with Crippen molar-refractivity contribution in [2.45, 2.75) is 47.0 Å². The third-order valence-electron chi connectivity index (χ3n) is 8.98. The largest absolute Gasteiger partial charge is 0.478 e. The molecule has 6 heteroatoms. The molecule has 6 rings (SSSR count). The highest BCUT2D eigenvalue weighted by atomic mass is 16.5. The lowest BCUT2D eigenvalue weighted by atomic mass is 9.69. The van der Waals surface area contributed by atoms with Gasteiger partial charge in [0, 0.05) is 65.7 Å². The zero-order chi connectivity index (χ0) is 30.5. The van der Waals surface area contributed by atoms with E-state index >= 15 is 0 Å². The summed E-state index contributed by atoms with van der Waals surface area (Å²) in [6.45, 7) is 16.5. The summed E-state index contributed by atoms with van der Waals surface area (Å²) < 4.78 is 13.4. The van der Waals surface area contributed by atoms with Crippen LogP contribution in [0.2, 0.25) is 0 Å². The number of anilines is 2. The highest BCUT2D eigenvalue weighted by Crippen LogP contribution is 2.53. The van der Waals surface area contributed by atoms with E-state index in [0.717, 1.165) is 76.7 Å². The first-order valence-corrected chi connectivity index (χ1v) is 15.2. The fraction of sp³-hybridized carbons (Fsp3) is 0.297. The number of nitrogens with zero attached hydrogens (tertiary/aromatic N) is 2. The maximum Gasteiger partial charge on any atom is 0.363 e. The molecule has 0 spiro atoms. The highest BCUT2D eigenvalue weighted by molar-refractivity contribution is 6.05. The number of carbonyl (C=O) groups is 1. The zero-order valence-electron chi connectivity index (χ0n) is 25.8. The molecule has 0 saturated heterocycles. The third kappa shape index (κ3) is 4.66. The van der Waals surface area contributed by atoms with Gasteiger partial charge in [-0.15, -0.1) is 0 Å². The van der Waals surface area contributed by atoms with E-state index in [2.05, 4.69) is 93.8 Å². The second-order valence-corrected chi connectivity index (χ2v) is 11.6. The van der Waals surface area contributed by atoms with Crippen LogP contribution in [0.5, 0.6) is 5.75 Å². The molecule has 220 valence electrons. The van der Waals surface area contributed by atoms with E-state index in [1.807, 2.05) is 18.2 Å². The molecule has 0 saturated carbocycles. The highest BCUT2D eigenvalue weighted by Gasteiger charge is 2.45. The lowest BCUT2D eigenvalue weighted by Gasteiger charge is -2.36. The van der Waals surface area contributed by atoms with Crippen LogP contribution in [-0.4, -0.2) is 37.3 Å². The minimum absolute atomic E-state index is 0.263. The van der Waals surface area contributed by atoms with E-state index in [9.17, 15) is 9.90 Å². The molecule has 0 bridgehead atoms. The molecular formula is C37H39N2O4+. The SMILES string of the molecule is CCN(CC)c1ccc2c(c1)OC1=Cc3[o+]c4cc(N(CC)CC)ccc4c(-c4ccccc4C(=O)O)c3C(C)(C)C1=C2. The van der Waals surface area contributed by atoms with Gasteiger partial charge in [-0.3, -0.25) is 0 Å². The topological polar surface area (TPSA) is 64.3 Å². The van der Waals surface area contributed by atoms with Gasteiger partial charge in [-0.25, -0.2) is 9.21 Å². The van der Waals surface area contributed by atoms with Crippen molar-refractivity contribution in [2.24, 2.45) is 0 Å². The lowest BCUT2D eigenvalue weighted by molar-refractivity contribution is 0.0697. The summed E-state index contributed by atoms with van der Waals surface area (Å²) in [7, 11) is 0. The van der Waals surface area contributed by atoms with Crippen LogP contribution in [0.4, 0.5) is 11.4 Å². The van der Waals surface area contributed by atoms with Crippen LogP contribution < -0.4 is 14.5 Å². The Morgan fingerprint density at radius 1 is 0.860 bits per heavy atom. The molecule has 0 unspecified atom stereocenters. The summed E-state index contributed by atoms with van der Waals surface area (Å²) in [6.07, 6.45) is 4.19. The van der Waals surface area contributed by atoms with Gasteiger partial charge >= 0.3 is 17.3 Å². The standard InChI is InChI=1S/C37H38N2O4/c1-7-38(8-2)24-16-15-23-19-29-32(42-30(23)20-24)22-33-35(37(29,5)6)34(26-13-11-12-14-27(26)36(40)41)28-18-17-25(21-31(28)43-33)39(9-3)10-4/h11-22H,7-10H2,1-6H3/p+1. The summed E-state index contributed by atoms with van der Waals surface area (Å²) >= 11 is 0. The second kappa shape index (κ2) is 10.9. The normalized spacial score (nSPS) is 14.6. The number of carboxylic acid groups (broad SMARTS) is 1. The van der Waals surface area contributed by atoms with Crippen LogP contribution in [0.3, 0.4) is 0 Å². The second-order valence-electron chi connectivity index (χ2n) is 11.6. The van der Waals surface area contributed by atoms with Crippen molar-refractivity contribution in [1.82, 2.24) is 0 Å². The Morgan fingerprint density at radius 3 is 2.19 bits per heavy atom. The van der Waals surface area contributed by atoms with Crippen molar-refractivity contribution < 1.29 is 19.1 Å². The Labute approximate surface area is 253 Å². The van der Waals surface area contributed by atoms with Gasteiger partial charge in [0.2, 0.25) is 0 Å². The number of aromatic carboxylic acids is 1. The fourth-order valence-electron chi connectivity index (χ4n) is 6.67. The van der Waals surface area contributed by atoms with Crippen LogP contribution in [0, 0.1) is 0 Å². The van der Waals surface area contributed by atoms with Gasteiger partial charge < -0.3 is 19.6 Å². The van der Waals surface area contributed by atoms with Crippen molar-refractivity contribution in [3.05, 3.63) is 94.4 Å². The predicted molar refractivity (Wildman–Crippen MR) is 176 cm³/mol. The van der Waals surface area contributed by atoms with Crippen molar-refractivity contribution in [1.29, 1.82) is 0 Å². The van der Waals surface area contributed by atoms with Gasteiger partial charge in [0.05, 0.1) is 28.7 Å². The number of hydrogen-bond acceptors (Lipinski definition) is 4. The van der Waals surface area contributed by atoms with Crippen LogP contribution in [0.25, 0.3) is 34.2 Å². The number of allylic oxidation sites excluding steroid dienone is 1. The van der Waals surface area contributed by atoms with E-state index in [-0.39, 0.29) is 5.56 Å². The average molecular weight is 576 g/mol. The van der Waals surface area contributed by atoms with Crippen molar-refractivity contribution in [3.63, 3.8) is 0 Å². The molecule has 0 amide bonds. The average Bonchev–Trinajstić information content (AvgIpc) is 3.00. The fourth-order valence-corrected chi connectivity index (χ4v) is 6.67. The van der Waals surface area contributed by atoms with E-state index < -0.39 is 11.4 Å². The summed E-state index contributed by atoms with van der Waals surface area (Å²) in [5, 5.41) is 11.1. The molecule has 0 radical (unpaired) electrons. The monoisotopic (exact) mass is 575 g/mol. The summed E-state index contributed by atoms with van der Waals surface area (Å²) in [4.78, 5) is 17.1. The van der Waals surface area contributed by atoms with Gasteiger partial charge in [0.15, 0.2) is 0 Å². The van der Waals surface area contributed by atoms with Crippen molar-refractivity contribution >= 4 is 40.5 Å². The van der Waals surface area contributed by atoms with Gasteiger partial charge in [-0.05, 0) is 69.7 Å². The molecular weight excluding hydrogens is 536 g/mol. The van der Waals surface area contributed by atoms with Crippen LogP contribution >= 0.6 is 0 Å². The number of benzene rings is 3. The van der Waals surface area contributed by atoms with E-state index in [1.54, 1.807) is 12.1 Å². The first-order valence-electron chi connectivity index (χ1n) is 15.2. The number of hydrogen-bond donors (Lipinski definition) is 1. The van der Waals surface area contributed by atoms with E-state index in [1.165, 1.54) is 0 Å². The molecule has 1 aliphatic carbocycles. The summed E-state index contributed by atoms with van der Waals surface area (Å²) in [5.41, 5.74) is 7.17. The van der Waals surface area contributed by atoms with E-state index in [0.29, 0.717) is 16.9 Å². The maximum atomic E-state index is 12.5. The van der Waals surface area contributed by atoms with Gasteiger partial charge in [0.25, 0.3) is 0 Å². The van der Waals surface area contributed by atoms with Gasteiger partial charge in [-0.2, -0.15) is 0 Å². The van der Waals surface area contributed by atoms with Crippen LogP contribution in [0.1, 0.15) is 68.8 Å². The molecule has 1 aliphatic heterocycles. The quantitative estimate of drug-likeness (QED) is 0.212. The Morgan fingerprint density at radius 2 is 1.51 bits per heavy atom. The summed E-state index contributed by atoms with van der Waals surface area (Å²) in [5.74, 6) is 1.29. The Kier molecular flexibility index (Phi) is 7.25. The third-order valence-corrected chi connectivity index (χ3v) is 8.98. The minimum Gasteiger partial charge on any atom is -0.478 e. The smallest absolute Gasteiger partial charge is 0.363 e. The molecule has 0 atom stereocenters. The Bertz CT molecular complexity index is 1810. The first-order chi connectivity index (χ1) is 20.7. The first kappa shape index (κ1) is 28.5. The molecule has 4 aromatic rings. The molecule has 43 heavy (non-hydrogen) atoms. The molecule has 1 aromatic heterocycles. The predicted octanol–water partition coefficient (Wildman–Crippen LogP) is 8.88. The van der Waals surface area contributed by atoms with Crippen LogP contribution in [0.15, 0.2) is 76.4 Å². The molecule has 1 N–H and O–H groups in total. The molecule has 3 aromatic carbocycles. The number of carboxylic acids is 1. The molecule has 6 nitrogen and oxygen atoms in total. The Balaban J connectivity index is 1.63. The molecule has 0 fully saturated rings. The number of rotatable bonds is 8. The van der Waals surface area contributed by atoms with E-state index in [4.69, 9.17) is 9.15 Å². The van der Waals surface area contributed by atoms with Gasteiger partial charge in [0.1, 0.15) is 11.5 Å². The maximum absolute atomic E-state index is 12.5. The molecule has 2 heterocycles. The number of fused-ring (bicyclic) bond motifs is 4. The van der Waals surface area contributed by atoms with Crippen molar-refractivity contribution in [2.75, 3.05) is 36.0 Å². The van der Waals surface area contributed by atoms with Crippen LogP contribution in [-0.2, 0) is 5.41 Å². The number of ether oxygens (including phenoxy) is 1. The molecule has 2 aliphatic rings. The van der Waals surface area contributed by atoms with Crippen molar-refractivity contribution in [3.8, 4) is 16.9 Å². The zero-order valence-corrected chi connectivity index (χ0v) is 25.8.